The van der Waals surface area contributed by atoms with Gasteiger partial charge in [0.25, 0.3) is 0 Å². The van der Waals surface area contributed by atoms with Gasteiger partial charge in [0.05, 0.1) is 31.7 Å². The molecule has 0 bridgehead atoms. The maximum absolute atomic E-state index is 5.59. The number of thiazole rings is 1. The molecular weight excluding hydrogens is 414 g/mol. The van der Waals surface area contributed by atoms with Crippen molar-refractivity contribution >= 4 is 17.0 Å². The van der Waals surface area contributed by atoms with Crippen molar-refractivity contribution in [2.75, 3.05) is 46.8 Å². The molecule has 5 rings (SSSR count). The van der Waals surface area contributed by atoms with E-state index in [1.165, 1.54) is 0 Å². The van der Waals surface area contributed by atoms with Crippen LogP contribution < -0.4 is 19.0 Å². The van der Waals surface area contributed by atoms with Crippen molar-refractivity contribution in [3.63, 3.8) is 0 Å². The van der Waals surface area contributed by atoms with Crippen LogP contribution in [0.25, 0.3) is 11.3 Å². The molecular formula is C23H25N3O4S. The second-order valence-electron chi connectivity index (χ2n) is 7.39. The Balaban J connectivity index is 1.50. The van der Waals surface area contributed by atoms with Crippen LogP contribution in [0.2, 0.25) is 0 Å². The molecule has 8 heteroatoms. The molecule has 0 radical (unpaired) electrons. The zero-order valence-corrected chi connectivity index (χ0v) is 18.3. The van der Waals surface area contributed by atoms with Crippen molar-refractivity contribution in [1.29, 1.82) is 0 Å². The SMILES string of the molecule is COc1ccc(N=c2scc(-c3ccc4c(c3)OCO4)n2CCN2CCOCC2)cc1. The molecule has 1 aromatic heterocycles. The first-order chi connectivity index (χ1) is 15.3. The molecule has 162 valence electrons. The topological polar surface area (TPSA) is 57.5 Å². The minimum absolute atomic E-state index is 0.275. The van der Waals surface area contributed by atoms with Crippen molar-refractivity contribution in [1.82, 2.24) is 9.47 Å². The zero-order valence-electron chi connectivity index (χ0n) is 17.5. The molecule has 1 saturated heterocycles. The number of hydrogen-bond acceptors (Lipinski definition) is 7. The van der Waals surface area contributed by atoms with Crippen LogP contribution in [0.5, 0.6) is 17.2 Å². The van der Waals surface area contributed by atoms with Gasteiger partial charge in [-0.15, -0.1) is 11.3 Å². The van der Waals surface area contributed by atoms with E-state index in [1.807, 2.05) is 36.4 Å². The van der Waals surface area contributed by atoms with E-state index in [1.54, 1.807) is 18.4 Å². The molecule has 3 aromatic rings. The molecule has 2 aliphatic heterocycles. The summed E-state index contributed by atoms with van der Waals surface area (Å²) in [5.74, 6) is 2.41. The van der Waals surface area contributed by atoms with E-state index in [2.05, 4.69) is 20.9 Å². The minimum atomic E-state index is 0.275. The molecule has 0 spiro atoms. The van der Waals surface area contributed by atoms with Crippen LogP contribution in [0.4, 0.5) is 5.69 Å². The number of nitrogens with zero attached hydrogens (tertiary/aromatic N) is 3. The number of hydrogen-bond donors (Lipinski definition) is 0. The molecule has 2 aliphatic rings. The van der Waals surface area contributed by atoms with Crippen LogP contribution in [0, 0.1) is 0 Å². The van der Waals surface area contributed by atoms with Gasteiger partial charge in [-0.1, -0.05) is 0 Å². The maximum Gasteiger partial charge on any atom is 0.231 e. The predicted octanol–water partition coefficient (Wildman–Crippen LogP) is 3.52. The Morgan fingerprint density at radius 3 is 2.61 bits per heavy atom. The van der Waals surface area contributed by atoms with Gasteiger partial charge in [0.1, 0.15) is 5.75 Å². The van der Waals surface area contributed by atoms with Crippen LogP contribution in [0.1, 0.15) is 0 Å². The van der Waals surface area contributed by atoms with Crippen molar-refractivity contribution < 1.29 is 18.9 Å². The summed E-state index contributed by atoms with van der Waals surface area (Å²) in [5.41, 5.74) is 3.13. The molecule has 0 atom stereocenters. The summed E-state index contributed by atoms with van der Waals surface area (Å²) >= 11 is 1.65. The number of rotatable bonds is 6. The van der Waals surface area contributed by atoms with Gasteiger partial charge in [-0.05, 0) is 42.5 Å². The molecule has 0 N–H and O–H groups in total. The Kier molecular flexibility index (Phi) is 5.93. The van der Waals surface area contributed by atoms with Crippen molar-refractivity contribution in [3.8, 4) is 28.5 Å². The fourth-order valence-electron chi connectivity index (χ4n) is 3.75. The van der Waals surface area contributed by atoms with E-state index >= 15 is 0 Å². The van der Waals surface area contributed by atoms with Crippen LogP contribution in [-0.4, -0.2) is 56.2 Å². The van der Waals surface area contributed by atoms with E-state index in [4.69, 9.17) is 23.9 Å². The number of methoxy groups -OCH3 is 1. The largest absolute Gasteiger partial charge is 0.497 e. The van der Waals surface area contributed by atoms with Crippen LogP contribution in [0.15, 0.2) is 52.8 Å². The van der Waals surface area contributed by atoms with Crippen molar-refractivity contribution in [3.05, 3.63) is 52.6 Å². The molecule has 2 aromatic carbocycles. The Bertz CT molecular complexity index is 1100. The minimum Gasteiger partial charge on any atom is -0.497 e. The first-order valence-corrected chi connectivity index (χ1v) is 11.3. The molecule has 3 heterocycles. The molecule has 31 heavy (non-hydrogen) atoms. The van der Waals surface area contributed by atoms with Crippen LogP contribution in [-0.2, 0) is 11.3 Å². The van der Waals surface area contributed by atoms with E-state index in [-0.39, 0.29) is 6.79 Å². The highest BCUT2D eigenvalue weighted by molar-refractivity contribution is 7.07. The smallest absolute Gasteiger partial charge is 0.231 e. The molecule has 0 aliphatic carbocycles. The highest BCUT2D eigenvalue weighted by atomic mass is 32.1. The molecule has 1 fully saturated rings. The lowest BCUT2D eigenvalue weighted by Crippen LogP contribution is -2.39. The fraction of sp³-hybridized carbons (Fsp3) is 0.348. The molecule has 0 saturated carbocycles. The summed E-state index contributed by atoms with van der Waals surface area (Å²) in [4.78, 5) is 8.33. The zero-order chi connectivity index (χ0) is 21.0. The first-order valence-electron chi connectivity index (χ1n) is 10.4. The lowest BCUT2D eigenvalue weighted by Gasteiger charge is -2.26. The lowest BCUT2D eigenvalue weighted by molar-refractivity contribution is 0.0363. The summed E-state index contributed by atoms with van der Waals surface area (Å²) in [6.07, 6.45) is 0. The number of morpholine rings is 1. The number of benzene rings is 2. The Hall–Kier alpha value is -2.81. The average molecular weight is 440 g/mol. The van der Waals surface area contributed by atoms with Gasteiger partial charge in [0.2, 0.25) is 6.79 Å². The van der Waals surface area contributed by atoms with Gasteiger partial charge in [0, 0.05) is 37.1 Å². The third-order valence-electron chi connectivity index (χ3n) is 5.51. The third-order valence-corrected chi connectivity index (χ3v) is 6.37. The number of aromatic nitrogens is 1. The lowest BCUT2D eigenvalue weighted by atomic mass is 10.1. The summed E-state index contributed by atoms with van der Waals surface area (Å²) < 4.78 is 24.1. The molecule has 7 nitrogen and oxygen atoms in total. The standard InChI is InChI=1S/C23H25N3O4S/c1-27-19-5-3-18(4-6-19)24-23-26(9-8-25-10-12-28-13-11-25)20(15-31-23)17-2-7-21-22(14-17)30-16-29-21/h2-7,14-15H,8-13,16H2,1H3. The molecule has 0 amide bonds. The quantitative estimate of drug-likeness (QED) is 0.588. The predicted molar refractivity (Wildman–Crippen MR) is 119 cm³/mol. The number of fused-ring (bicyclic) bond motifs is 1. The second kappa shape index (κ2) is 9.13. The van der Waals surface area contributed by atoms with Gasteiger partial charge < -0.3 is 23.5 Å². The summed E-state index contributed by atoms with van der Waals surface area (Å²) in [6, 6.07) is 13.9. The van der Waals surface area contributed by atoms with E-state index in [0.29, 0.717) is 0 Å². The fourth-order valence-corrected chi connectivity index (χ4v) is 4.71. The van der Waals surface area contributed by atoms with Gasteiger partial charge >= 0.3 is 0 Å². The Morgan fingerprint density at radius 2 is 1.81 bits per heavy atom. The summed E-state index contributed by atoms with van der Waals surface area (Å²) in [7, 11) is 1.67. The van der Waals surface area contributed by atoms with Gasteiger partial charge in [-0.2, -0.15) is 0 Å². The summed E-state index contributed by atoms with van der Waals surface area (Å²) in [5, 5.41) is 2.17. The van der Waals surface area contributed by atoms with E-state index in [9.17, 15) is 0 Å². The van der Waals surface area contributed by atoms with Gasteiger partial charge in [-0.3, -0.25) is 4.90 Å². The normalized spacial score (nSPS) is 16.6. The van der Waals surface area contributed by atoms with E-state index < -0.39 is 0 Å². The maximum atomic E-state index is 5.59. The average Bonchev–Trinajstić information content (AvgIpc) is 3.45. The first kappa shape index (κ1) is 20.1. The van der Waals surface area contributed by atoms with E-state index in [0.717, 1.165) is 78.4 Å². The van der Waals surface area contributed by atoms with Crippen LogP contribution in [0.3, 0.4) is 0 Å². The van der Waals surface area contributed by atoms with Gasteiger partial charge in [0.15, 0.2) is 16.3 Å². The van der Waals surface area contributed by atoms with Crippen molar-refractivity contribution in [2.24, 2.45) is 4.99 Å². The van der Waals surface area contributed by atoms with Gasteiger partial charge in [-0.25, -0.2) is 4.99 Å². The van der Waals surface area contributed by atoms with Crippen LogP contribution >= 0.6 is 11.3 Å². The highest BCUT2D eigenvalue weighted by Crippen LogP contribution is 2.36. The summed E-state index contributed by atoms with van der Waals surface area (Å²) in [6.45, 7) is 5.61. The van der Waals surface area contributed by atoms with Crippen molar-refractivity contribution in [2.45, 2.75) is 6.54 Å². The second-order valence-corrected chi connectivity index (χ2v) is 8.22. The number of ether oxygens (including phenoxy) is 4. The molecule has 0 unspecified atom stereocenters. The Labute approximate surface area is 185 Å². The highest BCUT2D eigenvalue weighted by Gasteiger charge is 2.17. The Morgan fingerprint density at radius 1 is 1.00 bits per heavy atom. The third kappa shape index (κ3) is 4.46. The monoisotopic (exact) mass is 439 g/mol.